The highest BCUT2D eigenvalue weighted by Crippen LogP contribution is 1.92. The van der Waals surface area contributed by atoms with Crippen molar-refractivity contribution in [2.45, 2.75) is 20.0 Å². The molecule has 2 N–H and O–H groups in total. The van der Waals surface area contributed by atoms with E-state index in [1.165, 1.54) is 0 Å². The Balaban J connectivity index is 0. The Bertz CT molecular complexity index is 157. The molecule has 1 unspecified atom stereocenters. The molecule has 0 aliphatic rings. The van der Waals surface area contributed by atoms with Gasteiger partial charge in [0.25, 0.3) is 0 Å². The van der Waals surface area contributed by atoms with E-state index in [4.69, 9.17) is 10.2 Å². The van der Waals surface area contributed by atoms with Crippen molar-refractivity contribution in [2.24, 2.45) is 0 Å². The summed E-state index contributed by atoms with van der Waals surface area (Å²) in [7, 11) is 4.21. The van der Waals surface area contributed by atoms with Gasteiger partial charge in [-0.1, -0.05) is 0 Å². The lowest BCUT2D eigenvalue weighted by atomic mass is 10.4. The second kappa shape index (κ2) is 7.73. The topological polar surface area (TPSA) is 80.6 Å². The maximum atomic E-state index is 9.34. The lowest BCUT2D eigenvalue weighted by Crippen LogP contribution is -2.41. The molecule has 14 heavy (non-hydrogen) atoms. The van der Waals surface area contributed by atoms with Crippen LogP contribution in [0.15, 0.2) is 0 Å². The van der Waals surface area contributed by atoms with Crippen LogP contribution >= 0.6 is 0 Å². The summed E-state index contributed by atoms with van der Waals surface area (Å²) in [6, 6.07) is 0. The van der Waals surface area contributed by atoms with Crippen LogP contribution in [0, 0.1) is 0 Å². The Morgan fingerprint density at radius 2 is 1.86 bits per heavy atom. The predicted molar refractivity (Wildman–Crippen MR) is 51.3 cm³/mol. The quantitative estimate of drug-likeness (QED) is 0.533. The summed E-state index contributed by atoms with van der Waals surface area (Å²) < 4.78 is 0.913. The minimum absolute atomic E-state index is 0.292. The Kier molecular flexibility index (Phi) is 8.72. The van der Waals surface area contributed by atoms with Crippen LogP contribution in [0.3, 0.4) is 0 Å². The van der Waals surface area contributed by atoms with Crippen molar-refractivity contribution in [3.63, 3.8) is 0 Å². The molecule has 0 aromatic rings. The fraction of sp³-hybridized carbons (Fsp3) is 0.889. The number of carbonyl (C=O) groups excluding carboxylic acids is 1. The molecular formula is C9H21NO4. The fourth-order valence-electron chi connectivity index (χ4n) is 0.429. The molecule has 0 radical (unpaired) electrons. The van der Waals surface area contributed by atoms with E-state index in [1.807, 2.05) is 0 Å². The highest BCUT2D eigenvalue weighted by Gasteiger charge is 2.08. The first-order chi connectivity index (χ1) is 6.26. The number of carboxylic acid groups (broad SMARTS) is 1. The van der Waals surface area contributed by atoms with Gasteiger partial charge >= 0.3 is 0 Å². The largest absolute Gasteiger partial charge is 0.547 e. The summed E-state index contributed by atoms with van der Waals surface area (Å²) >= 11 is 0. The van der Waals surface area contributed by atoms with Gasteiger partial charge in [0.15, 0.2) is 0 Å². The van der Waals surface area contributed by atoms with E-state index in [2.05, 4.69) is 21.0 Å². The molecule has 86 valence electrons. The summed E-state index contributed by atoms with van der Waals surface area (Å²) in [5, 5.41) is 25.8. The highest BCUT2D eigenvalue weighted by atomic mass is 16.4. The van der Waals surface area contributed by atoms with Crippen LogP contribution in [-0.4, -0.2) is 60.6 Å². The predicted octanol–water partition coefficient (Wildman–Crippen LogP) is -1.81. The molecule has 0 aromatic carbocycles. The molecule has 0 amide bonds. The van der Waals surface area contributed by atoms with Gasteiger partial charge in [-0.05, 0) is 13.8 Å². The van der Waals surface area contributed by atoms with Gasteiger partial charge in [-0.25, -0.2) is 0 Å². The smallest absolute Gasteiger partial charge is 0.102 e. The third-order valence-corrected chi connectivity index (χ3v) is 1.90. The van der Waals surface area contributed by atoms with Gasteiger partial charge in [0.05, 0.1) is 39.3 Å². The summed E-state index contributed by atoms with van der Waals surface area (Å²) in [6.07, 6.45) is -1.34. The van der Waals surface area contributed by atoms with E-state index in [-0.39, 0.29) is 0 Å². The first-order valence-electron chi connectivity index (χ1n) is 4.58. The Morgan fingerprint density at radius 3 is 1.93 bits per heavy atom. The lowest BCUT2D eigenvalue weighted by molar-refractivity contribution is -0.888. The van der Waals surface area contributed by atoms with Gasteiger partial charge in [-0.15, -0.1) is 0 Å². The monoisotopic (exact) mass is 207 g/mol. The fourth-order valence-corrected chi connectivity index (χ4v) is 0.429. The van der Waals surface area contributed by atoms with Crippen molar-refractivity contribution in [2.75, 3.05) is 33.8 Å². The summed E-state index contributed by atoms with van der Waals surface area (Å²) in [5.74, 6) is -1.44. The normalized spacial score (nSPS) is 12.7. The second-order valence-electron chi connectivity index (χ2n) is 3.69. The molecule has 0 saturated carbocycles. The van der Waals surface area contributed by atoms with Gasteiger partial charge in [0.2, 0.25) is 0 Å². The Hall–Kier alpha value is -0.650. The molecule has 0 saturated heterocycles. The highest BCUT2D eigenvalue weighted by molar-refractivity contribution is 5.68. The lowest BCUT2D eigenvalue weighted by Gasteiger charge is -2.26. The van der Waals surface area contributed by atoms with Crippen molar-refractivity contribution >= 4 is 5.97 Å². The number of hydrogen-bond donors (Lipinski definition) is 2. The van der Waals surface area contributed by atoms with E-state index >= 15 is 0 Å². The first kappa shape index (κ1) is 15.8. The zero-order chi connectivity index (χ0) is 11.8. The van der Waals surface area contributed by atoms with E-state index in [0.29, 0.717) is 6.61 Å². The van der Waals surface area contributed by atoms with Crippen LogP contribution in [0.25, 0.3) is 0 Å². The van der Waals surface area contributed by atoms with Crippen molar-refractivity contribution in [1.82, 2.24) is 0 Å². The minimum atomic E-state index is -1.44. The average molecular weight is 207 g/mol. The first-order valence-corrected chi connectivity index (χ1v) is 4.58. The Labute approximate surface area is 85.2 Å². The van der Waals surface area contributed by atoms with Crippen molar-refractivity contribution < 1.29 is 24.6 Å². The molecule has 0 heterocycles. The number of carbonyl (C=O) groups is 1. The van der Waals surface area contributed by atoms with Gasteiger partial charge in [-0.3, -0.25) is 0 Å². The summed E-state index contributed by atoms with van der Waals surface area (Å²) in [4.78, 5) is 9.34. The number of rotatable bonds is 4. The third-order valence-electron chi connectivity index (χ3n) is 1.90. The third kappa shape index (κ3) is 11.4. The minimum Gasteiger partial charge on any atom is -0.547 e. The molecule has 1 atom stereocenters. The molecule has 0 aromatic heterocycles. The zero-order valence-corrected chi connectivity index (χ0v) is 9.36. The standard InChI is InChI=1S/C6H16NO.C3H6O3/c1-4-7(2,3)5-6-8;1-2(4)3(5)6/h8H,4-6H2,1-3H3;2,4H,1H3,(H,5,6)/q+1;/p-1. The summed E-state index contributed by atoms with van der Waals surface area (Å²) in [6.45, 7) is 5.49. The number of likely N-dealkylation sites (N-methyl/N-ethyl adjacent to an activating group) is 1. The number of carboxylic acids is 1. The van der Waals surface area contributed by atoms with Crippen molar-refractivity contribution in [1.29, 1.82) is 0 Å². The zero-order valence-electron chi connectivity index (χ0n) is 9.36. The average Bonchev–Trinajstić information content (AvgIpc) is 2.05. The van der Waals surface area contributed by atoms with Crippen molar-refractivity contribution in [3.05, 3.63) is 0 Å². The molecule has 0 spiro atoms. The van der Waals surface area contributed by atoms with Crippen LogP contribution in [0.1, 0.15) is 13.8 Å². The number of hydrogen-bond acceptors (Lipinski definition) is 4. The number of nitrogens with zero attached hydrogens (tertiary/aromatic N) is 1. The van der Waals surface area contributed by atoms with E-state index in [1.54, 1.807) is 0 Å². The molecule has 5 nitrogen and oxygen atoms in total. The number of aliphatic hydroxyl groups excluding tert-OH is 2. The van der Waals surface area contributed by atoms with Crippen molar-refractivity contribution in [3.8, 4) is 0 Å². The van der Waals surface area contributed by atoms with E-state index in [9.17, 15) is 9.90 Å². The molecule has 0 aliphatic carbocycles. The molecule has 0 rings (SSSR count). The molecular weight excluding hydrogens is 186 g/mol. The molecule has 0 bridgehead atoms. The molecule has 0 fully saturated rings. The SMILES string of the molecule is CC(O)C(=O)[O-].CC[N+](C)(C)CCO. The van der Waals surface area contributed by atoms with Crippen LogP contribution in [0.2, 0.25) is 0 Å². The number of aliphatic carboxylic acids is 1. The van der Waals surface area contributed by atoms with E-state index in [0.717, 1.165) is 24.5 Å². The van der Waals surface area contributed by atoms with Crippen LogP contribution < -0.4 is 5.11 Å². The molecule has 0 aliphatic heterocycles. The van der Waals surface area contributed by atoms with Gasteiger partial charge in [-0.2, -0.15) is 0 Å². The number of aliphatic hydroxyl groups is 2. The van der Waals surface area contributed by atoms with Crippen LogP contribution in [0.5, 0.6) is 0 Å². The van der Waals surface area contributed by atoms with Gasteiger partial charge < -0.3 is 24.6 Å². The Morgan fingerprint density at radius 1 is 1.50 bits per heavy atom. The number of quaternary nitrogens is 1. The van der Waals surface area contributed by atoms with Gasteiger partial charge in [0.1, 0.15) is 6.54 Å². The van der Waals surface area contributed by atoms with Gasteiger partial charge in [0, 0.05) is 0 Å². The maximum absolute atomic E-state index is 9.34. The van der Waals surface area contributed by atoms with Crippen LogP contribution in [-0.2, 0) is 4.79 Å². The van der Waals surface area contributed by atoms with Crippen LogP contribution in [0.4, 0.5) is 0 Å². The maximum Gasteiger partial charge on any atom is 0.102 e. The molecule has 5 heteroatoms. The summed E-state index contributed by atoms with van der Waals surface area (Å²) in [5.41, 5.74) is 0. The second-order valence-corrected chi connectivity index (χ2v) is 3.69. The van der Waals surface area contributed by atoms with E-state index < -0.39 is 12.1 Å².